The Labute approximate surface area is 71.4 Å². The smallest absolute Gasteiger partial charge is 0 e. The van der Waals surface area contributed by atoms with Crippen LogP contribution in [0.3, 0.4) is 0 Å². The predicted octanol–water partition coefficient (Wildman–Crippen LogP) is 0.925. The minimum Gasteiger partial charge on any atom is -0.495 e. The van der Waals surface area contributed by atoms with Crippen LogP contribution in [-0.2, 0) is 21.1 Å². The van der Waals surface area contributed by atoms with Gasteiger partial charge < -0.3 is 11.0 Å². The van der Waals surface area contributed by atoms with Crippen LogP contribution in [0.15, 0.2) is 6.08 Å². The molecule has 1 aliphatic heterocycles. The third-order valence-electron chi connectivity index (χ3n) is 1.39. The summed E-state index contributed by atoms with van der Waals surface area (Å²) in [6.07, 6.45) is 5.35. The van der Waals surface area contributed by atoms with Gasteiger partial charge in [-0.3, -0.25) is 6.08 Å². The average molecular weight is 294 g/mol. The van der Waals surface area contributed by atoms with Gasteiger partial charge >= 0.3 is 0 Å². The zero-order valence-corrected chi connectivity index (χ0v) is 8.86. The van der Waals surface area contributed by atoms with Crippen molar-refractivity contribution in [1.82, 2.24) is 4.90 Å². The summed E-state index contributed by atoms with van der Waals surface area (Å²) in [5.74, 6) is 0.633. The van der Waals surface area contributed by atoms with Gasteiger partial charge in [0.15, 0.2) is 0 Å². The predicted molar refractivity (Wildman–Crippen MR) is 34.5 cm³/mol. The summed E-state index contributed by atoms with van der Waals surface area (Å²) in [5.41, 5.74) is 0. The third kappa shape index (κ3) is 3.17. The molecule has 1 unspecified atom stereocenters. The van der Waals surface area contributed by atoms with E-state index in [-0.39, 0.29) is 21.1 Å². The van der Waals surface area contributed by atoms with Crippen molar-refractivity contribution in [2.45, 2.75) is 6.92 Å². The van der Waals surface area contributed by atoms with Gasteiger partial charge in [-0.15, -0.1) is 0 Å². The summed E-state index contributed by atoms with van der Waals surface area (Å²) in [6, 6.07) is 0. The van der Waals surface area contributed by atoms with Crippen LogP contribution in [0.2, 0.25) is 0 Å². The molecule has 0 bridgehead atoms. The van der Waals surface area contributed by atoms with E-state index in [9.17, 15) is 0 Å². The molecule has 1 aliphatic rings. The van der Waals surface area contributed by atoms with Crippen LogP contribution in [0.4, 0.5) is 0 Å². The first-order valence-electron chi connectivity index (χ1n) is 3.05. The van der Waals surface area contributed by atoms with E-state index >= 15 is 0 Å². The molecule has 1 heterocycles. The fourth-order valence-corrected chi connectivity index (χ4v) is 1.00. The van der Waals surface area contributed by atoms with E-state index in [1.165, 1.54) is 0 Å². The van der Waals surface area contributed by atoms with Crippen LogP contribution < -0.4 is 0 Å². The van der Waals surface area contributed by atoms with Crippen molar-refractivity contribution in [2.75, 3.05) is 20.1 Å². The molecular formula is C7H12NW-. The molecule has 1 nitrogen and oxygen atoms in total. The van der Waals surface area contributed by atoms with Gasteiger partial charge in [-0.1, -0.05) is 6.92 Å². The summed E-state index contributed by atoms with van der Waals surface area (Å²) < 4.78 is 0. The summed E-state index contributed by atoms with van der Waals surface area (Å²) in [5, 5.41) is 0. The second kappa shape index (κ2) is 4.24. The molecule has 0 aliphatic carbocycles. The van der Waals surface area contributed by atoms with E-state index in [0.717, 1.165) is 13.1 Å². The molecule has 52 valence electrons. The van der Waals surface area contributed by atoms with Crippen LogP contribution in [0.1, 0.15) is 6.92 Å². The molecule has 0 N–H and O–H groups in total. The number of hydrogen-bond donors (Lipinski definition) is 0. The van der Waals surface area contributed by atoms with Crippen molar-refractivity contribution in [3.8, 4) is 0 Å². The Balaban J connectivity index is 0.000000640. The topological polar surface area (TPSA) is 3.24 Å². The molecule has 1 rings (SSSR count). The molecule has 1 atom stereocenters. The van der Waals surface area contributed by atoms with Gasteiger partial charge in [-0.25, -0.2) is 0 Å². The minimum atomic E-state index is 0. The maximum absolute atomic E-state index is 3.25. The summed E-state index contributed by atoms with van der Waals surface area (Å²) in [7, 11) is 2.13. The Morgan fingerprint density at radius 2 is 2.33 bits per heavy atom. The monoisotopic (exact) mass is 294 g/mol. The first kappa shape index (κ1) is 9.39. The van der Waals surface area contributed by atoms with Gasteiger partial charge in [0.05, 0.1) is 0 Å². The van der Waals surface area contributed by atoms with E-state index in [1.807, 2.05) is 0 Å². The average Bonchev–Trinajstić information content (AvgIpc) is 1.64. The van der Waals surface area contributed by atoms with Gasteiger partial charge in [0, 0.05) is 21.1 Å². The standard InChI is InChI=1S/C7H12N.W/c1-7-4-3-5-8(2)6-7;/h3,7H,5-6H2,1-2H3;/q-1;. The number of likely N-dealkylation sites (N-methyl/N-ethyl adjacent to an activating group) is 1. The molecule has 2 heteroatoms. The minimum absolute atomic E-state index is 0. The normalized spacial score (nSPS) is 27.6. The van der Waals surface area contributed by atoms with Crippen LogP contribution >= 0.6 is 0 Å². The second-order valence-electron chi connectivity index (χ2n) is 2.49. The largest absolute Gasteiger partial charge is 0.495 e. The van der Waals surface area contributed by atoms with Crippen molar-refractivity contribution in [2.24, 2.45) is 5.92 Å². The zero-order valence-electron chi connectivity index (χ0n) is 5.92. The molecular weight excluding hydrogens is 282 g/mol. The van der Waals surface area contributed by atoms with Crippen LogP contribution in [-0.4, -0.2) is 25.0 Å². The SMILES string of the molecule is CC1[C-]=CCN(C)C1.[W]. The van der Waals surface area contributed by atoms with Gasteiger partial charge in [-0.05, 0) is 20.1 Å². The van der Waals surface area contributed by atoms with Gasteiger partial charge in [-0.2, -0.15) is 5.92 Å². The van der Waals surface area contributed by atoms with Crippen molar-refractivity contribution < 1.29 is 21.1 Å². The fraction of sp³-hybridized carbons (Fsp3) is 0.714. The molecule has 0 spiro atoms. The molecule has 0 saturated carbocycles. The van der Waals surface area contributed by atoms with Crippen molar-refractivity contribution in [3.63, 3.8) is 0 Å². The maximum Gasteiger partial charge on any atom is 0 e. The van der Waals surface area contributed by atoms with Gasteiger partial charge in [0.2, 0.25) is 0 Å². The summed E-state index contributed by atoms with van der Waals surface area (Å²) in [6.45, 7) is 4.42. The Hall–Kier alpha value is 0.388. The van der Waals surface area contributed by atoms with E-state index < -0.39 is 0 Å². The zero-order chi connectivity index (χ0) is 5.98. The van der Waals surface area contributed by atoms with E-state index in [0.29, 0.717) is 5.92 Å². The molecule has 0 amide bonds. The van der Waals surface area contributed by atoms with E-state index in [2.05, 4.69) is 31.0 Å². The fourth-order valence-electron chi connectivity index (χ4n) is 1.00. The Morgan fingerprint density at radius 1 is 1.67 bits per heavy atom. The second-order valence-corrected chi connectivity index (χ2v) is 2.49. The van der Waals surface area contributed by atoms with Crippen molar-refractivity contribution in [1.29, 1.82) is 0 Å². The molecule has 0 fully saturated rings. The molecule has 0 saturated heterocycles. The first-order valence-corrected chi connectivity index (χ1v) is 3.05. The molecule has 0 aromatic rings. The summed E-state index contributed by atoms with van der Waals surface area (Å²) in [4.78, 5) is 2.29. The van der Waals surface area contributed by atoms with E-state index in [4.69, 9.17) is 0 Å². The van der Waals surface area contributed by atoms with Gasteiger partial charge in [0.1, 0.15) is 0 Å². The molecule has 0 aromatic heterocycles. The quantitative estimate of drug-likeness (QED) is 0.601. The van der Waals surface area contributed by atoms with Crippen molar-refractivity contribution in [3.05, 3.63) is 12.2 Å². The Morgan fingerprint density at radius 3 is 2.67 bits per heavy atom. The third-order valence-corrected chi connectivity index (χ3v) is 1.39. The first-order chi connectivity index (χ1) is 3.79. The Kier molecular flexibility index (Phi) is 4.43. The van der Waals surface area contributed by atoms with E-state index in [1.54, 1.807) is 0 Å². The van der Waals surface area contributed by atoms with Crippen LogP contribution in [0, 0.1) is 12.0 Å². The maximum atomic E-state index is 3.25. The number of hydrogen-bond acceptors (Lipinski definition) is 1. The van der Waals surface area contributed by atoms with Crippen LogP contribution in [0.5, 0.6) is 0 Å². The van der Waals surface area contributed by atoms with Gasteiger partial charge in [0.25, 0.3) is 0 Å². The van der Waals surface area contributed by atoms with Crippen LogP contribution in [0.25, 0.3) is 0 Å². The molecule has 0 aromatic carbocycles. The Bertz CT molecular complexity index is 101. The summed E-state index contributed by atoms with van der Waals surface area (Å²) >= 11 is 0. The number of nitrogens with zero attached hydrogens (tertiary/aromatic N) is 1. The molecule has 0 radical (unpaired) electrons. The number of rotatable bonds is 0. The molecule has 9 heavy (non-hydrogen) atoms. The van der Waals surface area contributed by atoms with Crippen molar-refractivity contribution >= 4 is 0 Å².